The van der Waals surface area contributed by atoms with Crippen molar-refractivity contribution >= 4 is 11.6 Å². The average Bonchev–Trinajstić information content (AvgIpc) is 2.47. The van der Waals surface area contributed by atoms with Gasteiger partial charge in [-0.3, -0.25) is 0 Å². The summed E-state index contributed by atoms with van der Waals surface area (Å²) in [6, 6.07) is 7.96. The smallest absolute Gasteiger partial charge is 0.0483 e. The van der Waals surface area contributed by atoms with Gasteiger partial charge in [0.15, 0.2) is 0 Å². The minimum Gasteiger partial charge on any atom is -0.381 e. The molecule has 1 heterocycles. The first kappa shape index (κ1) is 11.9. The zero-order valence-electron chi connectivity index (χ0n) is 9.42. The van der Waals surface area contributed by atoms with E-state index in [0.29, 0.717) is 0 Å². The molecular weight excluding hydrogens is 222 g/mol. The first-order valence-electron chi connectivity index (χ1n) is 5.79. The number of halogens is 1. The lowest BCUT2D eigenvalue weighted by Gasteiger charge is -2.27. The maximum atomic E-state index is 6.42. The van der Waals surface area contributed by atoms with Gasteiger partial charge in [-0.1, -0.05) is 23.7 Å². The van der Waals surface area contributed by atoms with Crippen LogP contribution in [0.5, 0.6) is 0 Å². The van der Waals surface area contributed by atoms with E-state index in [1.807, 2.05) is 12.1 Å². The second-order valence-electron chi connectivity index (χ2n) is 4.63. The lowest BCUT2D eigenvalue weighted by atomic mass is 9.85. The topological polar surface area (TPSA) is 35.2 Å². The normalized spacial score (nSPS) is 26.4. The summed E-state index contributed by atoms with van der Waals surface area (Å²) in [7, 11) is 0. The fourth-order valence-corrected chi connectivity index (χ4v) is 2.34. The van der Waals surface area contributed by atoms with Crippen molar-refractivity contribution in [2.24, 2.45) is 5.73 Å². The lowest BCUT2D eigenvalue weighted by molar-refractivity contribution is 0.139. The van der Waals surface area contributed by atoms with Crippen molar-refractivity contribution < 1.29 is 4.74 Å². The molecule has 1 aromatic rings. The molecule has 1 saturated heterocycles. The molecule has 88 valence electrons. The Morgan fingerprint density at radius 2 is 1.94 bits per heavy atom. The van der Waals surface area contributed by atoms with Gasteiger partial charge < -0.3 is 10.5 Å². The van der Waals surface area contributed by atoms with Crippen molar-refractivity contribution in [1.29, 1.82) is 0 Å². The van der Waals surface area contributed by atoms with Crippen LogP contribution in [0.2, 0.25) is 5.02 Å². The predicted octanol–water partition coefficient (Wildman–Crippen LogP) is 2.78. The Bertz CT molecular complexity index is 328. The van der Waals surface area contributed by atoms with Gasteiger partial charge in [-0.05, 0) is 43.4 Å². The number of rotatable bonds is 2. The summed E-state index contributed by atoms with van der Waals surface area (Å²) < 4.78 is 5.45. The van der Waals surface area contributed by atoms with Gasteiger partial charge in [0.05, 0.1) is 0 Å². The quantitative estimate of drug-likeness (QED) is 0.862. The molecular formula is C13H18ClNO. The standard InChI is InChI=1S/C13H18ClNO/c14-12-4-2-11(3-5-12)10-13(15)6-1-8-16-9-7-13/h2-5H,1,6-10,15H2. The van der Waals surface area contributed by atoms with Crippen molar-refractivity contribution in [3.05, 3.63) is 34.9 Å². The van der Waals surface area contributed by atoms with Gasteiger partial charge in [0, 0.05) is 23.8 Å². The number of benzene rings is 1. The third-order valence-electron chi connectivity index (χ3n) is 3.18. The molecule has 1 aromatic carbocycles. The monoisotopic (exact) mass is 239 g/mol. The Balaban J connectivity index is 2.04. The predicted molar refractivity (Wildman–Crippen MR) is 66.7 cm³/mol. The van der Waals surface area contributed by atoms with Gasteiger partial charge in [0.1, 0.15) is 0 Å². The second kappa shape index (κ2) is 5.17. The van der Waals surface area contributed by atoms with Crippen LogP contribution in [0.25, 0.3) is 0 Å². The van der Waals surface area contributed by atoms with Crippen LogP contribution in [-0.2, 0) is 11.2 Å². The van der Waals surface area contributed by atoms with E-state index < -0.39 is 0 Å². The van der Waals surface area contributed by atoms with Crippen molar-refractivity contribution in [3.63, 3.8) is 0 Å². The molecule has 3 heteroatoms. The van der Waals surface area contributed by atoms with E-state index in [1.165, 1.54) is 5.56 Å². The first-order valence-corrected chi connectivity index (χ1v) is 6.17. The van der Waals surface area contributed by atoms with Crippen LogP contribution < -0.4 is 5.73 Å². The molecule has 0 aliphatic carbocycles. The van der Waals surface area contributed by atoms with E-state index in [4.69, 9.17) is 22.1 Å². The highest BCUT2D eigenvalue weighted by Gasteiger charge is 2.26. The molecule has 2 N–H and O–H groups in total. The highest BCUT2D eigenvalue weighted by molar-refractivity contribution is 6.30. The van der Waals surface area contributed by atoms with Gasteiger partial charge in [-0.25, -0.2) is 0 Å². The van der Waals surface area contributed by atoms with E-state index in [-0.39, 0.29) is 5.54 Å². The van der Waals surface area contributed by atoms with Crippen molar-refractivity contribution in [2.75, 3.05) is 13.2 Å². The van der Waals surface area contributed by atoms with E-state index in [0.717, 1.165) is 43.9 Å². The largest absolute Gasteiger partial charge is 0.381 e. The number of hydrogen-bond acceptors (Lipinski definition) is 2. The molecule has 1 fully saturated rings. The number of ether oxygens (including phenoxy) is 1. The molecule has 1 unspecified atom stereocenters. The van der Waals surface area contributed by atoms with Crippen LogP contribution in [0.4, 0.5) is 0 Å². The first-order chi connectivity index (χ1) is 7.68. The lowest BCUT2D eigenvalue weighted by Crippen LogP contribution is -2.42. The van der Waals surface area contributed by atoms with Crippen LogP contribution in [0.3, 0.4) is 0 Å². The Morgan fingerprint density at radius 3 is 2.69 bits per heavy atom. The molecule has 0 amide bonds. The molecule has 0 saturated carbocycles. The Kier molecular flexibility index (Phi) is 3.85. The summed E-state index contributed by atoms with van der Waals surface area (Å²) in [6.07, 6.45) is 3.95. The Labute approximate surface area is 102 Å². The van der Waals surface area contributed by atoms with Crippen molar-refractivity contribution in [3.8, 4) is 0 Å². The van der Waals surface area contributed by atoms with Gasteiger partial charge in [-0.15, -0.1) is 0 Å². The molecule has 0 aromatic heterocycles. The molecule has 1 aliphatic rings. The van der Waals surface area contributed by atoms with Crippen molar-refractivity contribution in [2.45, 2.75) is 31.2 Å². The van der Waals surface area contributed by atoms with E-state index >= 15 is 0 Å². The molecule has 0 radical (unpaired) electrons. The van der Waals surface area contributed by atoms with Crippen LogP contribution in [0, 0.1) is 0 Å². The molecule has 1 aliphatic heterocycles. The van der Waals surface area contributed by atoms with Gasteiger partial charge in [0.25, 0.3) is 0 Å². The summed E-state index contributed by atoms with van der Waals surface area (Å²) in [5, 5.41) is 0.777. The Hall–Kier alpha value is -0.570. The maximum absolute atomic E-state index is 6.42. The van der Waals surface area contributed by atoms with E-state index in [1.54, 1.807) is 0 Å². The summed E-state index contributed by atoms with van der Waals surface area (Å²) >= 11 is 5.86. The summed E-state index contributed by atoms with van der Waals surface area (Å²) in [5.74, 6) is 0. The van der Waals surface area contributed by atoms with Gasteiger partial charge in [-0.2, -0.15) is 0 Å². The summed E-state index contributed by atoms with van der Waals surface area (Å²) in [6.45, 7) is 1.63. The van der Waals surface area contributed by atoms with Gasteiger partial charge in [0.2, 0.25) is 0 Å². The highest BCUT2D eigenvalue weighted by Crippen LogP contribution is 2.23. The van der Waals surface area contributed by atoms with Gasteiger partial charge >= 0.3 is 0 Å². The fourth-order valence-electron chi connectivity index (χ4n) is 2.21. The van der Waals surface area contributed by atoms with Crippen LogP contribution in [0.15, 0.2) is 24.3 Å². The summed E-state index contributed by atoms with van der Waals surface area (Å²) in [4.78, 5) is 0. The SMILES string of the molecule is NC1(Cc2ccc(Cl)cc2)CCCOCC1. The molecule has 2 nitrogen and oxygen atoms in total. The minimum atomic E-state index is -0.107. The molecule has 0 spiro atoms. The molecule has 1 atom stereocenters. The van der Waals surface area contributed by atoms with E-state index in [2.05, 4.69) is 12.1 Å². The molecule has 16 heavy (non-hydrogen) atoms. The van der Waals surface area contributed by atoms with Crippen LogP contribution in [-0.4, -0.2) is 18.8 Å². The minimum absolute atomic E-state index is 0.107. The number of hydrogen-bond donors (Lipinski definition) is 1. The average molecular weight is 240 g/mol. The fraction of sp³-hybridized carbons (Fsp3) is 0.538. The Morgan fingerprint density at radius 1 is 1.19 bits per heavy atom. The highest BCUT2D eigenvalue weighted by atomic mass is 35.5. The van der Waals surface area contributed by atoms with E-state index in [9.17, 15) is 0 Å². The second-order valence-corrected chi connectivity index (χ2v) is 5.07. The maximum Gasteiger partial charge on any atom is 0.0483 e. The van der Waals surface area contributed by atoms with Crippen LogP contribution in [0.1, 0.15) is 24.8 Å². The molecule has 2 rings (SSSR count). The number of nitrogens with two attached hydrogens (primary N) is 1. The van der Waals surface area contributed by atoms with Crippen molar-refractivity contribution in [1.82, 2.24) is 0 Å². The zero-order valence-corrected chi connectivity index (χ0v) is 10.2. The zero-order chi connectivity index (χ0) is 11.4. The summed E-state index contributed by atoms with van der Waals surface area (Å²) in [5.41, 5.74) is 7.57. The third kappa shape index (κ3) is 3.21. The van der Waals surface area contributed by atoms with Crippen LogP contribution >= 0.6 is 11.6 Å². The third-order valence-corrected chi connectivity index (χ3v) is 3.43. The molecule has 0 bridgehead atoms.